The summed E-state index contributed by atoms with van der Waals surface area (Å²) in [5, 5.41) is 2.60. The van der Waals surface area contributed by atoms with Crippen LogP contribution in [0.4, 0.5) is 18.9 Å². The van der Waals surface area contributed by atoms with E-state index in [-0.39, 0.29) is 24.6 Å². The summed E-state index contributed by atoms with van der Waals surface area (Å²) in [6.07, 6.45) is 0.113. The lowest BCUT2D eigenvalue weighted by atomic mass is 10.2. The summed E-state index contributed by atoms with van der Waals surface area (Å²) in [6, 6.07) is 11.4. The normalized spacial score (nSPS) is 10.4. The molecule has 0 aliphatic rings. The predicted molar refractivity (Wildman–Crippen MR) is 82.3 cm³/mol. The van der Waals surface area contributed by atoms with Gasteiger partial charge >= 0.3 is 0 Å². The average molecular weight is 322 g/mol. The molecule has 2 rings (SSSR count). The Morgan fingerprint density at radius 3 is 2.43 bits per heavy atom. The van der Waals surface area contributed by atoms with Crippen LogP contribution >= 0.6 is 0 Å². The highest BCUT2D eigenvalue weighted by atomic mass is 19.2. The Morgan fingerprint density at radius 1 is 1.04 bits per heavy atom. The van der Waals surface area contributed by atoms with Crippen LogP contribution < -0.4 is 5.32 Å². The molecule has 2 aromatic carbocycles. The van der Waals surface area contributed by atoms with Crippen molar-refractivity contribution in [2.75, 3.05) is 18.9 Å². The molecule has 0 unspecified atom stereocenters. The molecule has 2 aromatic rings. The minimum Gasteiger partial charge on any atom is -0.382 e. The van der Waals surface area contributed by atoms with Gasteiger partial charge in [0.2, 0.25) is 5.91 Å². The molecule has 0 saturated carbocycles. The molecule has 0 aromatic heterocycles. The van der Waals surface area contributed by atoms with Crippen molar-refractivity contribution in [3.05, 3.63) is 65.5 Å². The fourth-order valence-corrected chi connectivity index (χ4v) is 2.10. The third-order valence-electron chi connectivity index (χ3n) is 3.38. The van der Waals surface area contributed by atoms with Crippen LogP contribution in [0.15, 0.2) is 42.5 Å². The van der Waals surface area contributed by atoms with Crippen molar-refractivity contribution in [1.29, 1.82) is 0 Å². The fraction of sp³-hybridized carbons (Fsp3) is 0.235. The lowest BCUT2D eigenvalue weighted by molar-refractivity contribution is -0.130. The highest BCUT2D eigenvalue weighted by molar-refractivity contribution is 5.76. The number of hydrogen-bond acceptors (Lipinski definition) is 2. The Morgan fingerprint density at radius 2 is 1.74 bits per heavy atom. The first-order valence-corrected chi connectivity index (χ1v) is 7.14. The first-order chi connectivity index (χ1) is 11.0. The van der Waals surface area contributed by atoms with Gasteiger partial charge in [-0.05, 0) is 17.7 Å². The van der Waals surface area contributed by atoms with Crippen molar-refractivity contribution in [3.8, 4) is 0 Å². The van der Waals surface area contributed by atoms with E-state index in [1.807, 2.05) is 30.3 Å². The summed E-state index contributed by atoms with van der Waals surface area (Å²) in [6.45, 7) is 0.596. The number of nitrogens with one attached hydrogen (secondary N) is 1. The standard InChI is InChI=1S/C17H17F3N2O/c1-22(11-12-5-3-2-4-6-12)15(23)9-10-21-14-8-7-13(18)16(19)17(14)20/h2-8,21H,9-11H2,1H3. The highest BCUT2D eigenvalue weighted by Crippen LogP contribution is 2.19. The van der Waals surface area contributed by atoms with Crippen LogP contribution in [0.3, 0.4) is 0 Å². The quantitative estimate of drug-likeness (QED) is 0.825. The first-order valence-electron chi connectivity index (χ1n) is 7.14. The Balaban J connectivity index is 1.84. The maximum Gasteiger partial charge on any atom is 0.224 e. The second-order valence-corrected chi connectivity index (χ2v) is 5.14. The van der Waals surface area contributed by atoms with E-state index in [0.29, 0.717) is 6.54 Å². The molecule has 1 amide bonds. The Labute approximate surface area is 132 Å². The third-order valence-corrected chi connectivity index (χ3v) is 3.38. The van der Waals surface area contributed by atoms with Crippen molar-refractivity contribution in [1.82, 2.24) is 4.90 Å². The van der Waals surface area contributed by atoms with E-state index in [1.54, 1.807) is 11.9 Å². The molecule has 0 aliphatic heterocycles. The molecule has 3 nitrogen and oxygen atoms in total. The number of halogens is 3. The summed E-state index contributed by atoms with van der Waals surface area (Å²) in [7, 11) is 1.67. The number of benzene rings is 2. The van der Waals surface area contributed by atoms with Crippen LogP contribution in [0.25, 0.3) is 0 Å². The molecule has 6 heteroatoms. The first kappa shape index (κ1) is 16.9. The van der Waals surface area contributed by atoms with Crippen LogP contribution in [-0.2, 0) is 11.3 Å². The summed E-state index contributed by atoms with van der Waals surface area (Å²) in [4.78, 5) is 13.6. The maximum absolute atomic E-state index is 13.5. The van der Waals surface area contributed by atoms with Crippen molar-refractivity contribution < 1.29 is 18.0 Å². The van der Waals surface area contributed by atoms with Crippen molar-refractivity contribution >= 4 is 11.6 Å². The number of carbonyl (C=O) groups is 1. The van der Waals surface area contributed by atoms with Gasteiger partial charge in [-0.3, -0.25) is 4.79 Å². The van der Waals surface area contributed by atoms with Gasteiger partial charge in [-0.2, -0.15) is 0 Å². The van der Waals surface area contributed by atoms with E-state index in [1.165, 1.54) is 0 Å². The van der Waals surface area contributed by atoms with Gasteiger partial charge in [-0.1, -0.05) is 30.3 Å². The fourth-order valence-electron chi connectivity index (χ4n) is 2.10. The van der Waals surface area contributed by atoms with Gasteiger partial charge in [0.1, 0.15) is 0 Å². The Kier molecular flexibility index (Phi) is 5.62. The van der Waals surface area contributed by atoms with Gasteiger partial charge < -0.3 is 10.2 Å². The van der Waals surface area contributed by atoms with Crippen LogP contribution in [0.1, 0.15) is 12.0 Å². The van der Waals surface area contributed by atoms with Gasteiger partial charge in [0.25, 0.3) is 0 Å². The van der Waals surface area contributed by atoms with E-state index in [4.69, 9.17) is 0 Å². The predicted octanol–water partition coefficient (Wildman–Crippen LogP) is 3.56. The maximum atomic E-state index is 13.5. The van der Waals surface area contributed by atoms with Crippen LogP contribution in [0.5, 0.6) is 0 Å². The number of carbonyl (C=O) groups excluding carboxylic acids is 1. The molecule has 1 N–H and O–H groups in total. The smallest absolute Gasteiger partial charge is 0.224 e. The molecule has 0 heterocycles. The van der Waals surface area contributed by atoms with Crippen LogP contribution in [0.2, 0.25) is 0 Å². The van der Waals surface area contributed by atoms with E-state index in [9.17, 15) is 18.0 Å². The molecular formula is C17H17F3N2O. The van der Waals surface area contributed by atoms with Crippen molar-refractivity contribution in [3.63, 3.8) is 0 Å². The van der Waals surface area contributed by atoms with E-state index < -0.39 is 17.5 Å². The lowest BCUT2D eigenvalue weighted by Gasteiger charge is -2.17. The molecule has 0 fully saturated rings. The van der Waals surface area contributed by atoms with E-state index in [2.05, 4.69) is 5.32 Å². The van der Waals surface area contributed by atoms with Gasteiger partial charge in [0.15, 0.2) is 17.5 Å². The average Bonchev–Trinajstić information content (AvgIpc) is 2.55. The van der Waals surface area contributed by atoms with Crippen LogP contribution in [-0.4, -0.2) is 24.4 Å². The van der Waals surface area contributed by atoms with Gasteiger partial charge in [0, 0.05) is 26.6 Å². The summed E-state index contributed by atoms with van der Waals surface area (Å²) < 4.78 is 39.4. The van der Waals surface area contributed by atoms with Crippen LogP contribution in [0, 0.1) is 17.5 Å². The second kappa shape index (κ2) is 7.67. The topological polar surface area (TPSA) is 32.3 Å². The molecule has 0 saturated heterocycles. The summed E-state index contributed by atoms with van der Waals surface area (Å²) >= 11 is 0. The SMILES string of the molecule is CN(Cc1ccccc1)C(=O)CCNc1ccc(F)c(F)c1F. The molecule has 122 valence electrons. The largest absolute Gasteiger partial charge is 0.382 e. The molecule has 0 radical (unpaired) electrons. The molecule has 0 atom stereocenters. The van der Waals surface area contributed by atoms with Crippen molar-refractivity contribution in [2.24, 2.45) is 0 Å². The summed E-state index contributed by atoms with van der Waals surface area (Å²) in [5.74, 6) is -4.19. The molecular weight excluding hydrogens is 305 g/mol. The molecule has 23 heavy (non-hydrogen) atoms. The monoisotopic (exact) mass is 322 g/mol. The minimum atomic E-state index is -1.53. The van der Waals surface area contributed by atoms with Gasteiger partial charge in [-0.25, -0.2) is 13.2 Å². The zero-order chi connectivity index (χ0) is 16.8. The minimum absolute atomic E-state index is 0.113. The van der Waals surface area contributed by atoms with Gasteiger partial charge in [-0.15, -0.1) is 0 Å². The zero-order valence-corrected chi connectivity index (χ0v) is 12.7. The number of anilines is 1. The van der Waals surface area contributed by atoms with E-state index >= 15 is 0 Å². The van der Waals surface area contributed by atoms with Crippen molar-refractivity contribution in [2.45, 2.75) is 13.0 Å². The number of nitrogens with zero attached hydrogens (tertiary/aromatic N) is 1. The number of amides is 1. The molecule has 0 spiro atoms. The number of hydrogen-bond donors (Lipinski definition) is 1. The zero-order valence-electron chi connectivity index (χ0n) is 12.7. The Bertz CT molecular complexity index is 677. The van der Waals surface area contributed by atoms with Gasteiger partial charge in [0.05, 0.1) is 5.69 Å². The molecule has 0 bridgehead atoms. The lowest BCUT2D eigenvalue weighted by Crippen LogP contribution is -2.27. The Hall–Kier alpha value is -2.50. The summed E-state index contributed by atoms with van der Waals surface area (Å²) in [5.41, 5.74) is 0.838. The van der Waals surface area contributed by atoms with E-state index in [0.717, 1.165) is 17.7 Å². The molecule has 0 aliphatic carbocycles. The number of rotatable bonds is 6. The third kappa shape index (κ3) is 4.48. The highest BCUT2D eigenvalue weighted by Gasteiger charge is 2.14. The second-order valence-electron chi connectivity index (χ2n) is 5.14.